The number of nitrogens with one attached hydrogen (secondary N) is 1. The number of methoxy groups -OCH3 is 1. The number of carbonyl (C=O) groups excluding carboxylic acids is 2. The summed E-state index contributed by atoms with van der Waals surface area (Å²) in [7, 11) is 1.40. The zero-order valence-electron chi connectivity index (χ0n) is 16.2. The smallest absolute Gasteiger partial charge is 0.323 e. The predicted molar refractivity (Wildman–Crippen MR) is 110 cm³/mol. The number of ether oxygens (including phenoxy) is 1. The van der Waals surface area contributed by atoms with Crippen LogP contribution in [-0.4, -0.2) is 47.5 Å². The van der Waals surface area contributed by atoms with Gasteiger partial charge in [-0.1, -0.05) is 48.5 Å². The van der Waals surface area contributed by atoms with E-state index in [1.807, 2.05) is 18.2 Å². The molecule has 1 saturated heterocycles. The fraction of sp³-hybridized carbons (Fsp3) is 0.261. The molecule has 1 amide bonds. The van der Waals surface area contributed by atoms with Gasteiger partial charge in [-0.2, -0.15) is 0 Å². The molecule has 3 aromatic rings. The molecule has 0 aliphatic carbocycles. The lowest BCUT2D eigenvalue weighted by molar-refractivity contribution is -0.146. The molecule has 1 N–H and O–H groups in total. The van der Waals surface area contributed by atoms with Gasteiger partial charge in [0, 0.05) is 25.3 Å². The van der Waals surface area contributed by atoms with Crippen LogP contribution in [0.25, 0.3) is 10.8 Å². The molecule has 0 radical (unpaired) electrons. The number of pyridine rings is 1. The van der Waals surface area contributed by atoms with E-state index in [9.17, 15) is 9.59 Å². The van der Waals surface area contributed by atoms with Crippen LogP contribution in [0.2, 0.25) is 0 Å². The lowest BCUT2D eigenvalue weighted by Crippen LogP contribution is -2.38. The first-order chi connectivity index (χ1) is 14.2. The van der Waals surface area contributed by atoms with Gasteiger partial charge in [0.15, 0.2) is 0 Å². The average molecular weight is 389 g/mol. The fourth-order valence-electron chi connectivity index (χ4n) is 3.97. The Balaban J connectivity index is 1.53. The standard InChI is InChI=1S/C23H23N3O3/c1-29-23(28)21-13-18(25-22(27)20-11-4-5-12-24-20)15-26(21)14-17-9-6-8-16-7-2-3-10-19(16)17/h2-12,18,21H,13-15H2,1H3,(H,25,27)/t18-,21-/m0/s1. The number of nitrogens with zero attached hydrogens (tertiary/aromatic N) is 2. The molecule has 6 heteroatoms. The van der Waals surface area contributed by atoms with Crippen molar-refractivity contribution in [1.29, 1.82) is 0 Å². The number of hydrogen-bond donors (Lipinski definition) is 1. The molecule has 0 bridgehead atoms. The summed E-state index contributed by atoms with van der Waals surface area (Å²) in [6.07, 6.45) is 2.10. The Hall–Kier alpha value is -3.25. The van der Waals surface area contributed by atoms with E-state index in [1.165, 1.54) is 17.9 Å². The number of carbonyl (C=O) groups is 2. The molecule has 6 nitrogen and oxygen atoms in total. The maximum Gasteiger partial charge on any atom is 0.323 e. The average Bonchev–Trinajstić information content (AvgIpc) is 3.16. The Morgan fingerprint density at radius 3 is 2.69 bits per heavy atom. The summed E-state index contributed by atoms with van der Waals surface area (Å²) in [5.74, 6) is -0.508. The summed E-state index contributed by atoms with van der Waals surface area (Å²) in [5, 5.41) is 5.34. The number of aromatic nitrogens is 1. The highest BCUT2D eigenvalue weighted by atomic mass is 16.5. The number of rotatable bonds is 5. The predicted octanol–water partition coefficient (Wildman–Crippen LogP) is 2.78. The molecule has 1 aliphatic heterocycles. The van der Waals surface area contributed by atoms with Gasteiger partial charge in [-0.3, -0.25) is 19.5 Å². The third-order valence-electron chi connectivity index (χ3n) is 5.36. The number of benzene rings is 2. The Bertz CT molecular complexity index is 1020. The second kappa shape index (κ2) is 8.41. The highest BCUT2D eigenvalue weighted by Gasteiger charge is 2.38. The molecule has 1 aliphatic rings. The topological polar surface area (TPSA) is 71.5 Å². The molecule has 1 aromatic heterocycles. The Morgan fingerprint density at radius 1 is 1.10 bits per heavy atom. The molecular weight excluding hydrogens is 366 g/mol. The Labute approximate surface area is 169 Å². The number of hydrogen-bond acceptors (Lipinski definition) is 5. The van der Waals surface area contributed by atoms with E-state index in [0.29, 0.717) is 25.2 Å². The van der Waals surface area contributed by atoms with Crippen LogP contribution in [-0.2, 0) is 16.1 Å². The third-order valence-corrected chi connectivity index (χ3v) is 5.36. The summed E-state index contributed by atoms with van der Waals surface area (Å²) in [5.41, 5.74) is 1.52. The van der Waals surface area contributed by atoms with E-state index < -0.39 is 6.04 Å². The zero-order valence-corrected chi connectivity index (χ0v) is 16.2. The van der Waals surface area contributed by atoms with Crippen molar-refractivity contribution in [3.05, 3.63) is 78.1 Å². The summed E-state index contributed by atoms with van der Waals surface area (Å²) >= 11 is 0. The molecule has 0 saturated carbocycles. The molecule has 2 aromatic carbocycles. The van der Waals surface area contributed by atoms with E-state index in [-0.39, 0.29) is 17.9 Å². The monoisotopic (exact) mass is 389 g/mol. The normalized spacial score (nSPS) is 19.2. The van der Waals surface area contributed by atoms with Crippen LogP contribution in [0.4, 0.5) is 0 Å². The molecule has 0 unspecified atom stereocenters. The van der Waals surface area contributed by atoms with E-state index in [2.05, 4.69) is 39.5 Å². The van der Waals surface area contributed by atoms with Crippen LogP contribution < -0.4 is 5.32 Å². The summed E-state index contributed by atoms with van der Waals surface area (Å²) in [4.78, 5) is 31.0. The van der Waals surface area contributed by atoms with Crippen molar-refractivity contribution in [3.63, 3.8) is 0 Å². The summed E-state index contributed by atoms with van der Waals surface area (Å²) in [6.45, 7) is 1.18. The van der Waals surface area contributed by atoms with Crippen molar-refractivity contribution in [2.24, 2.45) is 0 Å². The lowest BCUT2D eigenvalue weighted by Gasteiger charge is -2.23. The first kappa shape index (κ1) is 19.1. The van der Waals surface area contributed by atoms with Gasteiger partial charge in [0.2, 0.25) is 0 Å². The minimum absolute atomic E-state index is 0.149. The van der Waals surface area contributed by atoms with Crippen molar-refractivity contribution >= 4 is 22.6 Å². The summed E-state index contributed by atoms with van der Waals surface area (Å²) in [6, 6.07) is 19.1. The van der Waals surface area contributed by atoms with Crippen molar-refractivity contribution in [3.8, 4) is 0 Å². The first-order valence-corrected chi connectivity index (χ1v) is 9.66. The van der Waals surface area contributed by atoms with Gasteiger partial charge < -0.3 is 10.1 Å². The number of amides is 1. The number of esters is 1. The zero-order chi connectivity index (χ0) is 20.2. The first-order valence-electron chi connectivity index (χ1n) is 9.66. The second-order valence-electron chi connectivity index (χ2n) is 7.23. The molecule has 4 rings (SSSR count). The van der Waals surface area contributed by atoms with Crippen molar-refractivity contribution in [1.82, 2.24) is 15.2 Å². The van der Waals surface area contributed by atoms with E-state index in [1.54, 1.807) is 24.4 Å². The van der Waals surface area contributed by atoms with Gasteiger partial charge in [0.1, 0.15) is 11.7 Å². The van der Waals surface area contributed by atoms with Crippen LogP contribution in [0.3, 0.4) is 0 Å². The largest absolute Gasteiger partial charge is 0.468 e. The van der Waals surface area contributed by atoms with Gasteiger partial charge in [0.05, 0.1) is 7.11 Å². The number of likely N-dealkylation sites (tertiary alicyclic amines) is 1. The van der Waals surface area contributed by atoms with Crippen molar-refractivity contribution < 1.29 is 14.3 Å². The lowest BCUT2D eigenvalue weighted by atomic mass is 10.0. The van der Waals surface area contributed by atoms with Crippen LogP contribution in [0.5, 0.6) is 0 Å². The highest BCUT2D eigenvalue weighted by molar-refractivity contribution is 5.92. The summed E-state index contributed by atoms with van der Waals surface area (Å²) < 4.78 is 5.02. The molecule has 148 valence electrons. The van der Waals surface area contributed by atoms with Crippen molar-refractivity contribution in [2.75, 3.05) is 13.7 Å². The van der Waals surface area contributed by atoms with E-state index in [0.717, 1.165) is 5.56 Å². The number of fused-ring (bicyclic) bond motifs is 1. The maximum atomic E-state index is 12.5. The van der Waals surface area contributed by atoms with Gasteiger partial charge in [-0.25, -0.2) is 0 Å². The highest BCUT2D eigenvalue weighted by Crippen LogP contribution is 2.26. The SMILES string of the molecule is COC(=O)[C@@H]1C[C@H](NC(=O)c2ccccn2)CN1Cc1cccc2ccccc12. The Kier molecular flexibility index (Phi) is 5.53. The van der Waals surface area contributed by atoms with Crippen LogP contribution in [0.15, 0.2) is 66.9 Å². The fourth-order valence-corrected chi connectivity index (χ4v) is 3.97. The molecule has 0 spiro atoms. The molecule has 2 atom stereocenters. The van der Waals surface area contributed by atoms with Crippen molar-refractivity contribution in [2.45, 2.75) is 25.0 Å². The third kappa shape index (κ3) is 4.12. The second-order valence-corrected chi connectivity index (χ2v) is 7.23. The minimum Gasteiger partial charge on any atom is -0.468 e. The molecule has 29 heavy (non-hydrogen) atoms. The van der Waals surface area contributed by atoms with Gasteiger partial charge in [-0.15, -0.1) is 0 Å². The van der Waals surface area contributed by atoms with E-state index >= 15 is 0 Å². The molecule has 1 fully saturated rings. The van der Waals surface area contributed by atoms with Crippen LogP contribution in [0.1, 0.15) is 22.5 Å². The van der Waals surface area contributed by atoms with E-state index in [4.69, 9.17) is 4.74 Å². The Morgan fingerprint density at radius 2 is 1.90 bits per heavy atom. The van der Waals surface area contributed by atoms with Gasteiger partial charge >= 0.3 is 5.97 Å². The van der Waals surface area contributed by atoms with Crippen LogP contribution >= 0.6 is 0 Å². The maximum absolute atomic E-state index is 12.5. The van der Waals surface area contributed by atoms with Gasteiger partial charge in [-0.05, 0) is 34.9 Å². The van der Waals surface area contributed by atoms with Gasteiger partial charge in [0.25, 0.3) is 5.91 Å². The quantitative estimate of drug-likeness (QED) is 0.680. The molecule has 2 heterocycles. The molecular formula is C23H23N3O3. The minimum atomic E-state index is -0.395. The van der Waals surface area contributed by atoms with Crippen LogP contribution in [0, 0.1) is 0 Å².